The average molecular weight is 293 g/mol. The molecule has 2 rings (SSSR count). The summed E-state index contributed by atoms with van der Waals surface area (Å²) in [5.74, 6) is 0.250. The van der Waals surface area contributed by atoms with Crippen molar-refractivity contribution < 1.29 is 19.4 Å². The van der Waals surface area contributed by atoms with E-state index < -0.39 is 5.97 Å². The molecule has 1 aromatic rings. The standard InChI is InChI=1S/C16H23NO4/c1-4-17-9-12(13(10-17)16(18)19)11-6-7-14(20-3)15(8-11)21-5-2/h6-8,12-13H,4-5,9-10H2,1-3H3,(H,18,19). The zero-order valence-electron chi connectivity index (χ0n) is 12.8. The van der Waals surface area contributed by atoms with Gasteiger partial charge in [-0.3, -0.25) is 4.79 Å². The largest absolute Gasteiger partial charge is 0.493 e. The van der Waals surface area contributed by atoms with Gasteiger partial charge in [0.2, 0.25) is 0 Å². The van der Waals surface area contributed by atoms with Crippen molar-refractivity contribution >= 4 is 5.97 Å². The third kappa shape index (κ3) is 3.29. The Hall–Kier alpha value is -1.75. The van der Waals surface area contributed by atoms with Gasteiger partial charge in [0.15, 0.2) is 11.5 Å². The molecule has 0 radical (unpaired) electrons. The Kier molecular flexibility index (Phi) is 5.07. The summed E-state index contributed by atoms with van der Waals surface area (Å²) in [6.45, 7) is 6.77. The monoisotopic (exact) mass is 293 g/mol. The second-order valence-electron chi connectivity index (χ2n) is 5.25. The Bertz CT molecular complexity index is 503. The van der Waals surface area contributed by atoms with Crippen LogP contribution in [0, 0.1) is 5.92 Å². The van der Waals surface area contributed by atoms with Gasteiger partial charge in [-0.2, -0.15) is 0 Å². The highest BCUT2D eigenvalue weighted by Gasteiger charge is 2.38. The van der Waals surface area contributed by atoms with Crippen LogP contribution >= 0.6 is 0 Å². The lowest BCUT2D eigenvalue weighted by molar-refractivity contribution is -0.141. The highest BCUT2D eigenvalue weighted by atomic mass is 16.5. The van der Waals surface area contributed by atoms with E-state index in [1.165, 1.54) is 0 Å². The normalized spacial score (nSPS) is 22.2. The summed E-state index contributed by atoms with van der Waals surface area (Å²) in [4.78, 5) is 13.7. The highest BCUT2D eigenvalue weighted by Crippen LogP contribution is 2.37. The molecule has 0 bridgehead atoms. The summed E-state index contributed by atoms with van der Waals surface area (Å²) in [5.41, 5.74) is 1.00. The minimum Gasteiger partial charge on any atom is -0.493 e. The highest BCUT2D eigenvalue weighted by molar-refractivity contribution is 5.72. The number of methoxy groups -OCH3 is 1. The summed E-state index contributed by atoms with van der Waals surface area (Å²) >= 11 is 0. The molecule has 21 heavy (non-hydrogen) atoms. The predicted octanol–water partition coefficient (Wildman–Crippen LogP) is 2.21. The van der Waals surface area contributed by atoms with Gasteiger partial charge in [0.25, 0.3) is 0 Å². The number of aliphatic carboxylic acids is 1. The molecule has 1 aliphatic heterocycles. The number of ether oxygens (including phenoxy) is 2. The first-order valence-electron chi connectivity index (χ1n) is 7.36. The number of benzene rings is 1. The summed E-state index contributed by atoms with van der Waals surface area (Å²) in [6.07, 6.45) is 0. The van der Waals surface area contributed by atoms with Crippen LogP contribution in [0.15, 0.2) is 18.2 Å². The first kappa shape index (κ1) is 15.6. The molecular weight excluding hydrogens is 270 g/mol. The smallest absolute Gasteiger partial charge is 0.308 e. The quantitative estimate of drug-likeness (QED) is 0.871. The molecule has 0 aromatic heterocycles. The second kappa shape index (κ2) is 6.80. The topological polar surface area (TPSA) is 59.0 Å². The molecule has 0 aliphatic carbocycles. The zero-order chi connectivity index (χ0) is 15.4. The molecule has 1 aromatic carbocycles. The van der Waals surface area contributed by atoms with Crippen LogP contribution in [0.25, 0.3) is 0 Å². The fraction of sp³-hybridized carbons (Fsp3) is 0.562. The van der Waals surface area contributed by atoms with E-state index in [1.807, 2.05) is 25.1 Å². The Balaban J connectivity index is 2.31. The maximum Gasteiger partial charge on any atom is 0.308 e. The van der Waals surface area contributed by atoms with E-state index in [-0.39, 0.29) is 11.8 Å². The lowest BCUT2D eigenvalue weighted by Crippen LogP contribution is -2.23. The van der Waals surface area contributed by atoms with Crippen LogP contribution in [-0.2, 0) is 4.79 Å². The first-order chi connectivity index (χ1) is 10.1. The van der Waals surface area contributed by atoms with Crippen LogP contribution in [0.2, 0.25) is 0 Å². The van der Waals surface area contributed by atoms with Crippen LogP contribution in [0.4, 0.5) is 0 Å². The molecule has 2 atom stereocenters. The molecule has 2 unspecified atom stereocenters. The van der Waals surface area contributed by atoms with Gasteiger partial charge in [-0.1, -0.05) is 13.0 Å². The number of carboxylic acid groups (broad SMARTS) is 1. The molecule has 1 fully saturated rings. The van der Waals surface area contributed by atoms with E-state index in [4.69, 9.17) is 9.47 Å². The van der Waals surface area contributed by atoms with Crippen molar-refractivity contribution in [1.82, 2.24) is 4.90 Å². The Morgan fingerprint density at radius 1 is 1.33 bits per heavy atom. The minimum atomic E-state index is -0.732. The Morgan fingerprint density at radius 3 is 2.67 bits per heavy atom. The molecule has 0 saturated carbocycles. The van der Waals surface area contributed by atoms with Crippen LogP contribution in [0.1, 0.15) is 25.3 Å². The van der Waals surface area contributed by atoms with Crippen LogP contribution in [0.3, 0.4) is 0 Å². The average Bonchev–Trinajstić information content (AvgIpc) is 2.92. The molecule has 5 nitrogen and oxygen atoms in total. The number of carboxylic acids is 1. The van der Waals surface area contributed by atoms with Crippen molar-refractivity contribution in [3.63, 3.8) is 0 Å². The van der Waals surface area contributed by atoms with Gasteiger partial charge < -0.3 is 19.5 Å². The van der Waals surface area contributed by atoms with Gasteiger partial charge in [0, 0.05) is 19.0 Å². The van der Waals surface area contributed by atoms with Gasteiger partial charge >= 0.3 is 5.97 Å². The Labute approximate surface area is 125 Å². The van der Waals surface area contributed by atoms with Gasteiger partial charge in [0.1, 0.15) is 0 Å². The maximum atomic E-state index is 11.5. The molecule has 5 heteroatoms. The van der Waals surface area contributed by atoms with E-state index in [1.54, 1.807) is 7.11 Å². The molecule has 0 spiro atoms. The molecule has 1 aliphatic rings. The van der Waals surface area contributed by atoms with E-state index >= 15 is 0 Å². The second-order valence-corrected chi connectivity index (χ2v) is 5.25. The Morgan fingerprint density at radius 2 is 2.10 bits per heavy atom. The zero-order valence-corrected chi connectivity index (χ0v) is 12.8. The predicted molar refractivity (Wildman–Crippen MR) is 80.1 cm³/mol. The fourth-order valence-corrected chi connectivity index (χ4v) is 2.92. The number of hydrogen-bond donors (Lipinski definition) is 1. The maximum absolute atomic E-state index is 11.5. The first-order valence-corrected chi connectivity index (χ1v) is 7.36. The summed E-state index contributed by atoms with van der Waals surface area (Å²) in [6, 6.07) is 5.72. The molecule has 1 N–H and O–H groups in total. The lowest BCUT2D eigenvalue weighted by Gasteiger charge is -2.18. The number of likely N-dealkylation sites (N-methyl/N-ethyl adjacent to an activating group) is 1. The van der Waals surface area contributed by atoms with Crippen LogP contribution in [0.5, 0.6) is 11.5 Å². The minimum absolute atomic E-state index is 0.00689. The number of nitrogens with zero attached hydrogens (tertiary/aromatic N) is 1. The summed E-state index contributed by atoms with van der Waals surface area (Å²) in [7, 11) is 1.60. The van der Waals surface area contributed by atoms with E-state index in [2.05, 4.69) is 11.8 Å². The number of hydrogen-bond acceptors (Lipinski definition) is 4. The van der Waals surface area contributed by atoms with Crippen molar-refractivity contribution in [3.05, 3.63) is 23.8 Å². The van der Waals surface area contributed by atoms with Gasteiger partial charge in [-0.25, -0.2) is 0 Å². The van der Waals surface area contributed by atoms with Crippen molar-refractivity contribution in [2.75, 3.05) is 33.4 Å². The number of likely N-dealkylation sites (tertiary alicyclic amines) is 1. The third-order valence-corrected chi connectivity index (χ3v) is 4.08. The molecular formula is C16H23NO4. The molecule has 1 saturated heterocycles. The molecule has 1 heterocycles. The van der Waals surface area contributed by atoms with Crippen molar-refractivity contribution in [3.8, 4) is 11.5 Å². The lowest BCUT2D eigenvalue weighted by atomic mass is 9.89. The number of rotatable bonds is 6. The van der Waals surface area contributed by atoms with E-state index in [0.29, 0.717) is 24.7 Å². The van der Waals surface area contributed by atoms with Crippen molar-refractivity contribution in [2.24, 2.45) is 5.92 Å². The van der Waals surface area contributed by atoms with Gasteiger partial charge in [-0.15, -0.1) is 0 Å². The van der Waals surface area contributed by atoms with Gasteiger partial charge in [0.05, 0.1) is 19.6 Å². The summed E-state index contributed by atoms with van der Waals surface area (Å²) < 4.78 is 10.9. The van der Waals surface area contributed by atoms with Gasteiger partial charge in [-0.05, 0) is 31.2 Å². The molecule has 116 valence electrons. The summed E-state index contributed by atoms with van der Waals surface area (Å²) in [5, 5.41) is 9.45. The number of carbonyl (C=O) groups is 1. The molecule has 0 amide bonds. The SMILES string of the molecule is CCOc1cc(C2CN(CC)CC2C(=O)O)ccc1OC. The van der Waals surface area contributed by atoms with E-state index in [9.17, 15) is 9.90 Å². The van der Waals surface area contributed by atoms with Crippen LogP contribution in [-0.4, -0.2) is 49.3 Å². The van der Waals surface area contributed by atoms with E-state index in [0.717, 1.165) is 18.7 Å². The third-order valence-electron chi connectivity index (χ3n) is 4.08. The van der Waals surface area contributed by atoms with Crippen LogP contribution < -0.4 is 9.47 Å². The van der Waals surface area contributed by atoms with Crippen molar-refractivity contribution in [1.29, 1.82) is 0 Å². The van der Waals surface area contributed by atoms with Crippen molar-refractivity contribution in [2.45, 2.75) is 19.8 Å². The fourth-order valence-electron chi connectivity index (χ4n) is 2.92.